The summed E-state index contributed by atoms with van der Waals surface area (Å²) in [5.41, 5.74) is 0.657. The van der Waals surface area contributed by atoms with Crippen molar-refractivity contribution in [3.05, 3.63) is 24.8 Å². The molecule has 0 aromatic carbocycles. The summed E-state index contributed by atoms with van der Waals surface area (Å²) in [5.74, 6) is 0. The fourth-order valence-electron chi connectivity index (χ4n) is 0. The van der Waals surface area contributed by atoms with Crippen molar-refractivity contribution in [1.82, 2.24) is 0 Å². The molecule has 0 aliphatic heterocycles. The molecule has 0 aromatic rings. The molecule has 1 heteroatoms. The van der Waals surface area contributed by atoms with Crippen molar-refractivity contribution in [3.8, 4) is 0 Å². The fourth-order valence-corrected chi connectivity index (χ4v) is 0. The maximum Gasteiger partial charge on any atom is 2.00 e. The molecule has 0 saturated carbocycles. The first-order valence-electron chi connectivity index (χ1n) is 1.41. The molecule has 0 spiro atoms. The summed E-state index contributed by atoms with van der Waals surface area (Å²) in [6, 6.07) is 0. The van der Waals surface area contributed by atoms with E-state index in [4.69, 9.17) is 13.2 Å². The van der Waals surface area contributed by atoms with Crippen LogP contribution in [-0.4, -0.2) is 0 Å². The minimum Gasteiger partial charge on any atom is -0.394 e. The molecule has 0 amide bonds. The van der Waals surface area contributed by atoms with Gasteiger partial charge in [0.25, 0.3) is 0 Å². The van der Waals surface area contributed by atoms with Crippen molar-refractivity contribution in [2.75, 3.05) is 0 Å². The molecule has 0 rings (SSSR count). The van der Waals surface area contributed by atoms with E-state index in [1.54, 1.807) is 6.92 Å². The van der Waals surface area contributed by atoms with Gasteiger partial charge in [-0.3, -0.25) is 0 Å². The Kier molecular flexibility index (Phi) is 8.17. The second kappa shape index (κ2) is 5.17. The Bertz CT molecular complexity index is 55.0. The Labute approximate surface area is 53.2 Å². The monoisotopic (exact) mass is 250 g/mol. The van der Waals surface area contributed by atoms with Gasteiger partial charge >= 0.3 is 21.1 Å². The molecule has 0 unspecified atom stereocenters. The van der Waals surface area contributed by atoms with E-state index in [1.165, 1.54) is 6.08 Å². The normalized spacial score (nSPS) is 5.50. The Hall–Kier alpha value is 0.168. The molecule has 32 valence electrons. The molecule has 0 bridgehead atoms. The fraction of sp³-hybridized carbons (Fsp3) is 0.200. The Morgan fingerprint density at radius 1 is 1.67 bits per heavy atom. The van der Waals surface area contributed by atoms with Gasteiger partial charge in [-0.25, -0.2) is 0 Å². The second-order valence-corrected chi connectivity index (χ2v) is 0.911. The summed E-state index contributed by atoms with van der Waals surface area (Å²) in [5, 5.41) is 0. The van der Waals surface area contributed by atoms with Crippen molar-refractivity contribution in [3.63, 3.8) is 0 Å². The molecule has 0 fully saturated rings. The minimum absolute atomic E-state index is 0. The van der Waals surface area contributed by atoms with Gasteiger partial charge in [0.1, 0.15) is 0 Å². The number of allylic oxidation sites excluding steroid dienone is 2. The molecule has 0 aliphatic carbocycles. The van der Waals surface area contributed by atoms with Crippen LogP contribution in [0.1, 0.15) is 6.92 Å². The van der Waals surface area contributed by atoms with Crippen molar-refractivity contribution >= 4 is 0 Å². The van der Waals surface area contributed by atoms with Gasteiger partial charge in [0.05, 0.1) is 0 Å². The van der Waals surface area contributed by atoms with E-state index in [0.29, 0.717) is 5.57 Å². The van der Waals surface area contributed by atoms with Gasteiger partial charge in [-0.1, -0.05) is 0 Å². The van der Waals surface area contributed by atoms with E-state index in [0.717, 1.165) is 0 Å². The van der Waals surface area contributed by atoms with Crippen LogP contribution >= 0.6 is 0 Å². The van der Waals surface area contributed by atoms with E-state index < -0.39 is 0 Å². The predicted octanol–water partition coefficient (Wildman–Crippen LogP) is 1.35. The van der Waals surface area contributed by atoms with Crippen molar-refractivity contribution in [1.29, 1.82) is 0 Å². The maximum absolute atomic E-state index is 5.03. The minimum atomic E-state index is 0. The topological polar surface area (TPSA) is 0 Å². The van der Waals surface area contributed by atoms with Crippen LogP contribution in [-0.2, 0) is 21.1 Å². The molecular formula is C5H6W. The van der Waals surface area contributed by atoms with Gasteiger partial charge in [-0.15, -0.1) is 6.92 Å². The summed E-state index contributed by atoms with van der Waals surface area (Å²) >= 11 is 0. The average Bonchev–Trinajstić information content (AvgIpc) is 1.38. The van der Waals surface area contributed by atoms with E-state index in [2.05, 4.69) is 0 Å². The van der Waals surface area contributed by atoms with E-state index in [-0.39, 0.29) is 21.1 Å². The number of rotatable bonds is 1. The summed E-state index contributed by atoms with van der Waals surface area (Å²) in [4.78, 5) is 0. The molecule has 0 atom stereocenters. The molecule has 0 nitrogen and oxygen atoms in total. The molecule has 0 radical (unpaired) electrons. The summed E-state index contributed by atoms with van der Waals surface area (Å²) in [6.07, 6.45) is 1.36. The van der Waals surface area contributed by atoms with Crippen molar-refractivity contribution in [2.24, 2.45) is 0 Å². The number of hydrogen-bond acceptors (Lipinski definition) is 0. The largest absolute Gasteiger partial charge is 2.00 e. The van der Waals surface area contributed by atoms with Gasteiger partial charge in [-0.2, -0.15) is 0 Å². The second-order valence-electron chi connectivity index (χ2n) is 0.911. The van der Waals surface area contributed by atoms with Gasteiger partial charge in [0, 0.05) is 0 Å². The Morgan fingerprint density at radius 2 is 1.83 bits per heavy atom. The standard InChI is InChI=1S/C5H6.W/c1-4-5(2)3;/h1-2,4H,3H3;/q-2;+2. The van der Waals surface area contributed by atoms with Crippen LogP contribution in [0.2, 0.25) is 0 Å². The van der Waals surface area contributed by atoms with Crippen LogP contribution < -0.4 is 0 Å². The molecule has 0 saturated heterocycles. The van der Waals surface area contributed by atoms with E-state index >= 15 is 0 Å². The third-order valence-electron chi connectivity index (χ3n) is 0.263. The van der Waals surface area contributed by atoms with Crippen molar-refractivity contribution in [2.45, 2.75) is 6.92 Å². The first-order chi connectivity index (χ1) is 2.27. The Morgan fingerprint density at radius 3 is 1.83 bits per heavy atom. The summed E-state index contributed by atoms with van der Waals surface area (Å²) in [7, 11) is 0. The van der Waals surface area contributed by atoms with Crippen LogP contribution in [0.25, 0.3) is 0 Å². The molecule has 0 aliphatic rings. The number of hydrogen-bond donors (Lipinski definition) is 0. The zero-order chi connectivity index (χ0) is 4.28. The average molecular weight is 250 g/mol. The van der Waals surface area contributed by atoms with Crippen LogP contribution in [0.3, 0.4) is 0 Å². The van der Waals surface area contributed by atoms with Crippen molar-refractivity contribution < 1.29 is 21.1 Å². The molecule has 6 heavy (non-hydrogen) atoms. The first kappa shape index (κ1) is 9.48. The van der Waals surface area contributed by atoms with Crippen LogP contribution in [0.5, 0.6) is 0 Å². The van der Waals surface area contributed by atoms with Crippen LogP contribution in [0.15, 0.2) is 11.6 Å². The molecule has 0 N–H and O–H groups in total. The quantitative estimate of drug-likeness (QED) is 0.486. The van der Waals surface area contributed by atoms with E-state index in [9.17, 15) is 0 Å². The van der Waals surface area contributed by atoms with Gasteiger partial charge in [0.15, 0.2) is 0 Å². The third-order valence-corrected chi connectivity index (χ3v) is 0.263. The summed E-state index contributed by atoms with van der Waals surface area (Å²) in [6.45, 7) is 11.6. The summed E-state index contributed by atoms with van der Waals surface area (Å²) < 4.78 is 0. The Balaban J connectivity index is 0. The van der Waals surface area contributed by atoms with Gasteiger partial charge in [-0.05, 0) is 0 Å². The van der Waals surface area contributed by atoms with E-state index in [1.807, 2.05) is 0 Å². The van der Waals surface area contributed by atoms with Gasteiger partial charge < -0.3 is 24.8 Å². The maximum atomic E-state index is 5.03. The van der Waals surface area contributed by atoms with Crippen LogP contribution in [0, 0.1) is 13.2 Å². The molecular weight excluding hydrogens is 244 g/mol. The first-order valence-corrected chi connectivity index (χ1v) is 1.41. The van der Waals surface area contributed by atoms with Gasteiger partial charge in [0.2, 0.25) is 0 Å². The molecule has 0 heterocycles. The SMILES string of the molecule is [CH-]=CC(=[CH-])C.[W+2]. The predicted molar refractivity (Wildman–Crippen MR) is 22.4 cm³/mol. The third kappa shape index (κ3) is 8.90. The molecule has 0 aromatic heterocycles. The zero-order valence-electron chi connectivity index (χ0n) is 3.64. The van der Waals surface area contributed by atoms with Crippen LogP contribution in [0.4, 0.5) is 0 Å². The zero-order valence-corrected chi connectivity index (χ0v) is 6.57. The smallest absolute Gasteiger partial charge is 0.394 e.